The van der Waals surface area contributed by atoms with E-state index in [1.165, 1.54) is 37.2 Å². The molecule has 2 aromatic carbocycles. The van der Waals surface area contributed by atoms with Crippen molar-refractivity contribution in [1.29, 1.82) is 0 Å². The molecule has 1 amide bonds. The van der Waals surface area contributed by atoms with E-state index in [0.29, 0.717) is 16.5 Å². The molecule has 3 aromatic rings. The zero-order chi connectivity index (χ0) is 25.3. The average molecular weight is 507 g/mol. The van der Waals surface area contributed by atoms with Crippen LogP contribution in [0.3, 0.4) is 0 Å². The number of hydrogen-bond donors (Lipinski definition) is 2. The number of anilines is 4. The summed E-state index contributed by atoms with van der Waals surface area (Å²) in [6, 6.07) is 11.2. The van der Waals surface area contributed by atoms with Crippen LogP contribution >= 0.6 is 11.6 Å². The van der Waals surface area contributed by atoms with Gasteiger partial charge in [-0.1, -0.05) is 17.7 Å². The van der Waals surface area contributed by atoms with Crippen LogP contribution in [-0.2, 0) is 6.18 Å². The van der Waals surface area contributed by atoms with E-state index in [0.717, 1.165) is 6.07 Å². The second-order valence-corrected chi connectivity index (χ2v) is 8.47. The molecule has 0 saturated carbocycles. The van der Waals surface area contributed by atoms with Gasteiger partial charge in [-0.2, -0.15) is 13.2 Å². The zero-order valence-corrected chi connectivity index (χ0v) is 19.6. The highest BCUT2D eigenvalue weighted by Gasteiger charge is 2.35. The predicted octanol–water partition coefficient (Wildman–Crippen LogP) is 4.96. The quantitative estimate of drug-likeness (QED) is 0.509. The van der Waals surface area contributed by atoms with Crippen molar-refractivity contribution in [3.05, 3.63) is 70.9 Å². The number of benzene rings is 2. The van der Waals surface area contributed by atoms with Gasteiger partial charge in [0.25, 0.3) is 5.91 Å². The van der Waals surface area contributed by atoms with Crippen LogP contribution < -0.4 is 19.9 Å². The van der Waals surface area contributed by atoms with Crippen molar-refractivity contribution < 1.29 is 27.8 Å². The molecule has 1 atom stereocenters. The molecule has 0 radical (unpaired) electrons. The number of nitrogens with zero attached hydrogens (tertiary/aromatic N) is 3. The smallest absolute Gasteiger partial charge is 0.418 e. The average Bonchev–Trinajstić information content (AvgIpc) is 2.82. The molecular weight excluding hydrogens is 485 g/mol. The highest BCUT2D eigenvalue weighted by Crippen LogP contribution is 2.43. The normalized spacial score (nSPS) is 15.3. The van der Waals surface area contributed by atoms with Crippen molar-refractivity contribution in [2.45, 2.75) is 12.2 Å². The number of pyridine rings is 1. The number of para-hydroxylation sites is 1. The first kappa shape index (κ1) is 24.6. The van der Waals surface area contributed by atoms with Crippen LogP contribution in [0, 0.1) is 0 Å². The number of carbonyl (C=O) groups is 1. The Hall–Kier alpha value is -3.50. The minimum Gasteiger partial charge on any atom is -0.488 e. The summed E-state index contributed by atoms with van der Waals surface area (Å²) in [7, 11) is 3.02. The molecule has 1 aliphatic rings. The Labute approximate surface area is 204 Å². The molecule has 1 aliphatic heterocycles. The Morgan fingerprint density at radius 1 is 1.26 bits per heavy atom. The summed E-state index contributed by atoms with van der Waals surface area (Å²) in [5.41, 5.74) is -0.342. The van der Waals surface area contributed by atoms with E-state index in [1.807, 2.05) is 0 Å². The number of aliphatic hydroxyl groups excluding tert-OH is 1. The number of halogens is 4. The maximum absolute atomic E-state index is 13.6. The van der Waals surface area contributed by atoms with Gasteiger partial charge in [0.1, 0.15) is 6.61 Å². The fourth-order valence-electron chi connectivity index (χ4n) is 3.90. The van der Waals surface area contributed by atoms with Crippen molar-refractivity contribution in [2.24, 2.45) is 0 Å². The van der Waals surface area contributed by atoms with Gasteiger partial charge < -0.3 is 25.0 Å². The predicted molar refractivity (Wildman–Crippen MR) is 128 cm³/mol. The standard InChI is InChI=1S/C24H22ClF3N4O3/c1-31(2)19-9-8-14(11-17(19)24(26,27)28)30-23(34)16-5-3-7-20-21(16)35-13-15(12-33)32(20)22-18(25)6-4-10-29-22/h3-11,15,33H,12-13H2,1-2H3,(H,30,34)/t15-/m0/s1. The number of aliphatic hydroxyl groups is 1. The molecule has 0 bridgehead atoms. The Kier molecular flexibility index (Phi) is 6.77. The third-order valence-corrected chi connectivity index (χ3v) is 5.80. The van der Waals surface area contributed by atoms with E-state index in [2.05, 4.69) is 10.3 Å². The van der Waals surface area contributed by atoms with Crippen molar-refractivity contribution >= 4 is 40.4 Å². The number of rotatable bonds is 5. The largest absolute Gasteiger partial charge is 0.488 e. The molecule has 1 aromatic heterocycles. The van der Waals surface area contributed by atoms with Gasteiger partial charge in [-0.15, -0.1) is 0 Å². The summed E-state index contributed by atoms with van der Waals surface area (Å²) in [6.45, 7) is -0.225. The van der Waals surface area contributed by atoms with Crippen LogP contribution in [0.1, 0.15) is 15.9 Å². The van der Waals surface area contributed by atoms with E-state index in [4.69, 9.17) is 16.3 Å². The van der Waals surface area contributed by atoms with Crippen molar-refractivity contribution in [1.82, 2.24) is 4.98 Å². The van der Waals surface area contributed by atoms with Crippen LogP contribution in [0.5, 0.6) is 5.75 Å². The number of hydrogen-bond acceptors (Lipinski definition) is 6. The Morgan fingerprint density at radius 3 is 2.69 bits per heavy atom. The maximum Gasteiger partial charge on any atom is 0.418 e. The first-order chi connectivity index (χ1) is 16.6. The number of amides is 1. The number of alkyl halides is 3. The summed E-state index contributed by atoms with van der Waals surface area (Å²) in [6.07, 6.45) is -3.05. The Balaban J connectivity index is 1.71. The molecule has 2 N–H and O–H groups in total. The number of carbonyl (C=O) groups excluding carboxylic acids is 1. The molecular formula is C24H22ClF3N4O3. The van der Waals surface area contributed by atoms with Gasteiger partial charge in [-0.25, -0.2) is 4.98 Å². The molecule has 0 saturated heterocycles. The van der Waals surface area contributed by atoms with Gasteiger partial charge in [0.15, 0.2) is 11.6 Å². The summed E-state index contributed by atoms with van der Waals surface area (Å²) in [5.74, 6) is -0.0658. The van der Waals surface area contributed by atoms with Gasteiger partial charge in [-0.3, -0.25) is 4.79 Å². The lowest BCUT2D eigenvalue weighted by molar-refractivity contribution is -0.137. The molecule has 0 unspecified atom stereocenters. The van der Waals surface area contributed by atoms with Crippen molar-refractivity contribution in [3.8, 4) is 5.75 Å². The summed E-state index contributed by atoms with van der Waals surface area (Å²) in [4.78, 5) is 20.5. The lowest BCUT2D eigenvalue weighted by Crippen LogP contribution is -2.43. The van der Waals surface area contributed by atoms with E-state index in [1.54, 1.807) is 35.4 Å². The molecule has 184 valence electrons. The number of fused-ring (bicyclic) bond motifs is 1. The fraction of sp³-hybridized carbons (Fsp3) is 0.250. The van der Waals surface area contributed by atoms with Crippen LogP contribution in [-0.4, -0.2) is 49.3 Å². The minimum atomic E-state index is -4.60. The van der Waals surface area contributed by atoms with E-state index >= 15 is 0 Å². The number of nitrogens with one attached hydrogen (secondary N) is 1. The van der Waals surface area contributed by atoms with Gasteiger partial charge in [0, 0.05) is 31.7 Å². The molecule has 0 aliphatic carbocycles. The second kappa shape index (κ2) is 9.63. The molecule has 7 nitrogen and oxygen atoms in total. The summed E-state index contributed by atoms with van der Waals surface area (Å²) >= 11 is 6.34. The van der Waals surface area contributed by atoms with Crippen LogP contribution in [0.15, 0.2) is 54.7 Å². The fourth-order valence-corrected chi connectivity index (χ4v) is 4.11. The van der Waals surface area contributed by atoms with E-state index in [-0.39, 0.29) is 35.9 Å². The lowest BCUT2D eigenvalue weighted by Gasteiger charge is -2.37. The minimum absolute atomic E-state index is 0.0146. The highest BCUT2D eigenvalue weighted by atomic mass is 35.5. The van der Waals surface area contributed by atoms with Crippen molar-refractivity contribution in [2.75, 3.05) is 42.4 Å². The van der Waals surface area contributed by atoms with Gasteiger partial charge in [-0.05, 0) is 42.5 Å². The maximum atomic E-state index is 13.6. The van der Waals surface area contributed by atoms with E-state index in [9.17, 15) is 23.1 Å². The molecule has 2 heterocycles. The van der Waals surface area contributed by atoms with Gasteiger partial charge >= 0.3 is 6.18 Å². The first-order valence-electron chi connectivity index (χ1n) is 10.6. The third-order valence-electron chi connectivity index (χ3n) is 5.50. The van der Waals surface area contributed by atoms with Crippen LogP contribution in [0.4, 0.5) is 36.1 Å². The summed E-state index contributed by atoms with van der Waals surface area (Å²) < 4.78 is 46.6. The first-order valence-corrected chi connectivity index (χ1v) is 11.0. The third kappa shape index (κ3) is 4.85. The topological polar surface area (TPSA) is 77.9 Å². The zero-order valence-electron chi connectivity index (χ0n) is 18.8. The Bertz CT molecular complexity index is 1250. The molecule has 11 heteroatoms. The molecule has 35 heavy (non-hydrogen) atoms. The second-order valence-electron chi connectivity index (χ2n) is 8.06. The van der Waals surface area contributed by atoms with Gasteiger partial charge in [0.05, 0.1) is 34.5 Å². The molecule has 4 rings (SSSR count). The van der Waals surface area contributed by atoms with Crippen molar-refractivity contribution in [3.63, 3.8) is 0 Å². The Morgan fingerprint density at radius 2 is 2.03 bits per heavy atom. The number of ether oxygens (including phenoxy) is 1. The van der Waals surface area contributed by atoms with Gasteiger partial charge in [0.2, 0.25) is 0 Å². The molecule has 0 fully saturated rings. The van der Waals surface area contributed by atoms with Crippen LogP contribution in [0.25, 0.3) is 0 Å². The highest BCUT2D eigenvalue weighted by molar-refractivity contribution is 6.33. The molecule has 0 spiro atoms. The van der Waals surface area contributed by atoms with Crippen LogP contribution in [0.2, 0.25) is 5.02 Å². The lowest BCUT2D eigenvalue weighted by atomic mass is 10.1. The van der Waals surface area contributed by atoms with E-state index < -0.39 is 23.7 Å². The summed E-state index contributed by atoms with van der Waals surface area (Å²) in [5, 5.41) is 12.8. The number of aromatic nitrogens is 1. The monoisotopic (exact) mass is 506 g/mol. The SMILES string of the molecule is CN(C)c1ccc(NC(=O)c2cccc3c2OC[C@H](CO)N3c2ncccc2Cl)cc1C(F)(F)F.